The number of aryl methyl sites for hydroxylation is 1. The first-order valence-corrected chi connectivity index (χ1v) is 5.70. The van der Waals surface area contributed by atoms with E-state index in [-0.39, 0.29) is 22.2 Å². The summed E-state index contributed by atoms with van der Waals surface area (Å²) in [6.45, 7) is 0. The second-order valence-electron chi connectivity index (χ2n) is 3.66. The van der Waals surface area contributed by atoms with Crippen molar-refractivity contribution in [1.82, 2.24) is 9.55 Å². The van der Waals surface area contributed by atoms with Crippen LogP contribution in [0.3, 0.4) is 0 Å². The van der Waals surface area contributed by atoms with Crippen LogP contribution in [0.15, 0.2) is 24.7 Å². The molecule has 0 spiro atoms. The molecule has 0 unspecified atom stereocenters. The Balaban J connectivity index is 2.27. The van der Waals surface area contributed by atoms with Gasteiger partial charge >= 0.3 is 0 Å². The fourth-order valence-corrected chi connectivity index (χ4v) is 1.87. The van der Waals surface area contributed by atoms with E-state index in [1.807, 2.05) is 0 Å². The van der Waals surface area contributed by atoms with E-state index >= 15 is 0 Å². The number of rotatable bonds is 2. The molecule has 1 aromatic carbocycles. The summed E-state index contributed by atoms with van der Waals surface area (Å²) < 4.78 is 1.64. The Morgan fingerprint density at radius 2 is 2.17 bits per heavy atom. The van der Waals surface area contributed by atoms with E-state index in [0.29, 0.717) is 5.02 Å². The highest BCUT2D eigenvalue weighted by Crippen LogP contribution is 2.35. The lowest BCUT2D eigenvalue weighted by molar-refractivity contribution is 0.102. The van der Waals surface area contributed by atoms with Crippen molar-refractivity contribution < 1.29 is 9.90 Å². The van der Waals surface area contributed by atoms with Crippen molar-refractivity contribution in [2.24, 2.45) is 7.05 Å². The molecule has 18 heavy (non-hydrogen) atoms. The maximum absolute atomic E-state index is 11.8. The Labute approximate surface area is 113 Å². The van der Waals surface area contributed by atoms with Crippen molar-refractivity contribution in [3.63, 3.8) is 0 Å². The SMILES string of the molecule is Cn1cnc(C(=O)Nc2cc(Cl)cc(Cl)c2O)c1. The van der Waals surface area contributed by atoms with Gasteiger partial charge in [0.15, 0.2) is 5.75 Å². The van der Waals surface area contributed by atoms with E-state index in [0.717, 1.165) is 0 Å². The van der Waals surface area contributed by atoms with E-state index in [1.165, 1.54) is 18.5 Å². The van der Waals surface area contributed by atoms with Gasteiger partial charge in [-0.15, -0.1) is 0 Å². The molecule has 1 amide bonds. The summed E-state index contributed by atoms with van der Waals surface area (Å²) in [5.74, 6) is -0.686. The summed E-state index contributed by atoms with van der Waals surface area (Å²) in [5, 5.41) is 12.6. The van der Waals surface area contributed by atoms with Crippen LogP contribution >= 0.6 is 23.2 Å². The zero-order valence-corrected chi connectivity index (χ0v) is 10.8. The molecule has 0 atom stereocenters. The van der Waals surface area contributed by atoms with Crippen LogP contribution in [-0.4, -0.2) is 20.6 Å². The van der Waals surface area contributed by atoms with Crippen LogP contribution in [0.2, 0.25) is 10.0 Å². The number of phenols is 1. The van der Waals surface area contributed by atoms with Gasteiger partial charge in [0.05, 0.1) is 17.0 Å². The fraction of sp³-hybridized carbons (Fsp3) is 0.0909. The topological polar surface area (TPSA) is 67.2 Å². The Bertz CT molecular complexity index is 610. The molecule has 0 aliphatic rings. The number of hydrogen-bond acceptors (Lipinski definition) is 3. The molecular formula is C11H9Cl2N3O2. The molecule has 0 fully saturated rings. The fourth-order valence-electron chi connectivity index (χ4n) is 1.38. The number of imidazole rings is 1. The van der Waals surface area contributed by atoms with Gasteiger partial charge in [-0.2, -0.15) is 0 Å². The highest BCUT2D eigenvalue weighted by Gasteiger charge is 2.13. The molecule has 5 nitrogen and oxygen atoms in total. The molecule has 0 radical (unpaired) electrons. The quantitative estimate of drug-likeness (QED) is 0.834. The van der Waals surface area contributed by atoms with Crippen molar-refractivity contribution in [2.75, 3.05) is 5.32 Å². The number of aromatic hydroxyl groups is 1. The van der Waals surface area contributed by atoms with Crippen molar-refractivity contribution in [2.45, 2.75) is 0 Å². The number of amides is 1. The number of halogens is 2. The summed E-state index contributed by atoms with van der Waals surface area (Å²) >= 11 is 11.5. The van der Waals surface area contributed by atoms with Crippen LogP contribution in [0.4, 0.5) is 5.69 Å². The van der Waals surface area contributed by atoms with E-state index in [2.05, 4.69) is 10.3 Å². The van der Waals surface area contributed by atoms with Crippen molar-refractivity contribution >= 4 is 34.8 Å². The van der Waals surface area contributed by atoms with Gasteiger partial charge in [-0.25, -0.2) is 4.98 Å². The second kappa shape index (κ2) is 4.88. The van der Waals surface area contributed by atoms with Crippen LogP contribution in [0, 0.1) is 0 Å². The van der Waals surface area contributed by atoms with Gasteiger partial charge in [0.25, 0.3) is 5.91 Å². The summed E-state index contributed by atoms with van der Waals surface area (Å²) in [6.07, 6.45) is 3.05. The lowest BCUT2D eigenvalue weighted by Gasteiger charge is -2.07. The summed E-state index contributed by atoms with van der Waals surface area (Å²) in [7, 11) is 1.75. The van der Waals surface area contributed by atoms with E-state index in [9.17, 15) is 9.90 Å². The maximum atomic E-state index is 11.8. The van der Waals surface area contributed by atoms with E-state index in [4.69, 9.17) is 23.2 Å². The van der Waals surface area contributed by atoms with Gasteiger partial charge in [0, 0.05) is 18.3 Å². The van der Waals surface area contributed by atoms with Gasteiger partial charge < -0.3 is 15.0 Å². The second-order valence-corrected chi connectivity index (χ2v) is 4.51. The summed E-state index contributed by atoms with van der Waals surface area (Å²) in [4.78, 5) is 15.7. The lowest BCUT2D eigenvalue weighted by atomic mass is 10.3. The first-order chi connectivity index (χ1) is 8.47. The summed E-state index contributed by atoms with van der Waals surface area (Å²) in [5.41, 5.74) is 0.371. The van der Waals surface area contributed by atoms with E-state index in [1.54, 1.807) is 17.8 Å². The van der Waals surface area contributed by atoms with Crippen LogP contribution in [0.5, 0.6) is 5.75 Å². The molecule has 7 heteroatoms. The van der Waals surface area contributed by atoms with Crippen molar-refractivity contribution in [3.8, 4) is 5.75 Å². The predicted molar refractivity (Wildman–Crippen MR) is 69.3 cm³/mol. The number of phenolic OH excluding ortho intramolecular Hbond substituents is 1. The minimum absolute atomic E-state index is 0.0684. The van der Waals surface area contributed by atoms with Gasteiger partial charge in [-0.1, -0.05) is 23.2 Å². The molecule has 0 aliphatic heterocycles. The van der Waals surface area contributed by atoms with Crippen LogP contribution in [0.25, 0.3) is 0 Å². The Morgan fingerprint density at radius 3 is 2.78 bits per heavy atom. The number of carbonyl (C=O) groups excluding carboxylic acids is 1. The Hall–Kier alpha value is -1.72. The molecule has 2 rings (SSSR count). The number of hydrogen-bond donors (Lipinski definition) is 2. The van der Waals surface area contributed by atoms with Gasteiger partial charge in [-0.05, 0) is 12.1 Å². The minimum atomic E-state index is -0.454. The highest BCUT2D eigenvalue weighted by molar-refractivity contribution is 6.36. The molecular weight excluding hydrogens is 277 g/mol. The molecule has 1 heterocycles. The maximum Gasteiger partial charge on any atom is 0.275 e. The largest absolute Gasteiger partial charge is 0.504 e. The number of benzene rings is 1. The Kier molecular flexibility index (Phi) is 3.45. The third kappa shape index (κ3) is 2.57. The number of nitrogens with one attached hydrogen (secondary N) is 1. The van der Waals surface area contributed by atoms with E-state index < -0.39 is 5.91 Å². The number of anilines is 1. The molecule has 2 aromatic rings. The molecule has 2 N–H and O–H groups in total. The monoisotopic (exact) mass is 285 g/mol. The molecule has 0 aliphatic carbocycles. The smallest absolute Gasteiger partial charge is 0.275 e. The lowest BCUT2D eigenvalue weighted by Crippen LogP contribution is -2.12. The molecule has 1 aromatic heterocycles. The van der Waals surface area contributed by atoms with Crippen LogP contribution in [0.1, 0.15) is 10.5 Å². The minimum Gasteiger partial charge on any atom is -0.504 e. The Morgan fingerprint density at radius 1 is 1.44 bits per heavy atom. The number of carbonyl (C=O) groups is 1. The molecule has 0 saturated heterocycles. The highest BCUT2D eigenvalue weighted by atomic mass is 35.5. The zero-order chi connectivity index (χ0) is 13.3. The molecule has 0 bridgehead atoms. The van der Waals surface area contributed by atoms with Crippen molar-refractivity contribution in [1.29, 1.82) is 0 Å². The van der Waals surface area contributed by atoms with Gasteiger partial charge in [-0.3, -0.25) is 4.79 Å². The average molecular weight is 286 g/mol. The predicted octanol–water partition coefficient (Wildman–Crippen LogP) is 2.68. The first-order valence-electron chi connectivity index (χ1n) is 4.94. The first kappa shape index (κ1) is 12.7. The standard InChI is InChI=1S/C11H9Cl2N3O2/c1-16-4-9(14-5-16)11(18)15-8-3-6(12)2-7(13)10(8)17/h2-5,17H,1H3,(H,15,18). The number of aromatic nitrogens is 2. The summed E-state index contributed by atoms with van der Waals surface area (Å²) in [6, 6.07) is 2.79. The molecule has 94 valence electrons. The molecule has 0 saturated carbocycles. The van der Waals surface area contributed by atoms with Gasteiger partial charge in [0.1, 0.15) is 5.69 Å². The number of nitrogens with zero attached hydrogens (tertiary/aromatic N) is 2. The third-order valence-electron chi connectivity index (χ3n) is 2.21. The average Bonchev–Trinajstić information content (AvgIpc) is 2.72. The van der Waals surface area contributed by atoms with Gasteiger partial charge in [0.2, 0.25) is 0 Å². The van der Waals surface area contributed by atoms with Crippen molar-refractivity contribution in [3.05, 3.63) is 40.4 Å². The third-order valence-corrected chi connectivity index (χ3v) is 2.72. The normalized spacial score (nSPS) is 10.4. The van der Waals surface area contributed by atoms with Crippen LogP contribution in [-0.2, 0) is 7.05 Å². The zero-order valence-electron chi connectivity index (χ0n) is 9.32. The van der Waals surface area contributed by atoms with Crippen LogP contribution < -0.4 is 5.32 Å².